The summed E-state index contributed by atoms with van der Waals surface area (Å²) in [5.41, 5.74) is 22.0. The number of nitrogens with zero attached hydrogens (tertiary/aromatic N) is 2. The third kappa shape index (κ3) is 11.8. The summed E-state index contributed by atoms with van der Waals surface area (Å²) in [4.78, 5) is 71.2. The number of rotatable bonds is 17. The van der Waals surface area contributed by atoms with Crippen molar-refractivity contribution >= 4 is 35.6 Å². The van der Waals surface area contributed by atoms with Gasteiger partial charge in [-0.3, -0.25) is 24.2 Å². The van der Waals surface area contributed by atoms with E-state index in [1.807, 2.05) is 0 Å². The second kappa shape index (κ2) is 15.7. The van der Waals surface area contributed by atoms with E-state index in [9.17, 15) is 24.0 Å². The molecule has 4 atom stereocenters. The van der Waals surface area contributed by atoms with Crippen LogP contribution >= 0.6 is 0 Å². The average molecular weight is 527 g/mol. The van der Waals surface area contributed by atoms with Crippen LogP contribution in [-0.4, -0.2) is 93.1 Å². The number of aliphatic carboxylic acids is 1. The summed E-state index contributed by atoms with van der Waals surface area (Å²) in [7, 11) is 0. The summed E-state index contributed by atoms with van der Waals surface area (Å²) in [6.07, 6.45) is 2.77. The van der Waals surface area contributed by atoms with Gasteiger partial charge in [-0.25, -0.2) is 9.78 Å². The van der Waals surface area contributed by atoms with Gasteiger partial charge >= 0.3 is 5.97 Å². The third-order valence-corrected chi connectivity index (χ3v) is 5.03. The maximum atomic E-state index is 13.1. The number of nitrogens with two attached hydrogens (primary N) is 4. The van der Waals surface area contributed by atoms with E-state index in [4.69, 9.17) is 33.1 Å². The first-order valence-electron chi connectivity index (χ1n) is 11.3. The smallest absolute Gasteiger partial charge is 0.328 e. The lowest BCUT2D eigenvalue weighted by Crippen LogP contribution is -2.58. The molecule has 1 aromatic heterocycles. The summed E-state index contributed by atoms with van der Waals surface area (Å²) in [5.74, 6) is -4.83. The molecule has 0 aromatic carbocycles. The number of guanidine groups is 1. The van der Waals surface area contributed by atoms with Gasteiger partial charge in [0.2, 0.25) is 23.6 Å². The Morgan fingerprint density at radius 2 is 1.59 bits per heavy atom. The van der Waals surface area contributed by atoms with Crippen LogP contribution in [0.15, 0.2) is 17.5 Å². The number of amides is 4. The zero-order valence-electron chi connectivity index (χ0n) is 20.1. The Labute approximate surface area is 211 Å². The fraction of sp³-hybridized carbons (Fsp3) is 0.550. The van der Waals surface area contributed by atoms with Crippen molar-refractivity contribution in [2.45, 2.75) is 56.3 Å². The lowest BCUT2D eigenvalue weighted by molar-refractivity contribution is -0.143. The minimum Gasteiger partial charge on any atom is -0.480 e. The highest BCUT2D eigenvalue weighted by Crippen LogP contribution is 2.05. The largest absolute Gasteiger partial charge is 0.480 e. The predicted molar refractivity (Wildman–Crippen MR) is 129 cm³/mol. The molecule has 37 heavy (non-hydrogen) atoms. The standard InChI is InChI=1S/C20H34N10O7/c21-11(2-1-5-26-20(23)24)16(33)29-13(6-10-7-25-9-27-10)18(35)28-12(3-4-15(22)32)17(34)30-14(8-31)19(36)37/h7,9,11-14,31H,1-6,8,21H2,(H2,22,32)(H,25,27)(H,28,35)(H,29,33)(H,30,34)(H,36,37)(H4,23,24,26). The lowest BCUT2D eigenvalue weighted by atomic mass is 10.1. The van der Waals surface area contributed by atoms with E-state index in [-0.39, 0.29) is 38.2 Å². The number of imidazole rings is 1. The molecule has 4 unspecified atom stereocenters. The molecule has 1 rings (SSSR count). The summed E-state index contributed by atoms with van der Waals surface area (Å²) in [5, 5.41) is 25.2. The van der Waals surface area contributed by atoms with Crippen LogP contribution in [-0.2, 0) is 30.4 Å². The van der Waals surface area contributed by atoms with Crippen LogP contribution < -0.4 is 38.9 Å². The summed E-state index contributed by atoms with van der Waals surface area (Å²) in [6, 6.07) is -5.27. The number of hydrogen-bond donors (Lipinski definition) is 10. The molecule has 0 aliphatic carbocycles. The molecule has 17 nitrogen and oxygen atoms in total. The number of carbonyl (C=O) groups excluding carboxylic acids is 4. The topological polar surface area (TPSA) is 307 Å². The maximum absolute atomic E-state index is 13.1. The molecule has 0 saturated heterocycles. The Balaban J connectivity index is 2.99. The van der Waals surface area contributed by atoms with Gasteiger partial charge in [0.05, 0.1) is 19.0 Å². The first-order chi connectivity index (χ1) is 17.4. The van der Waals surface area contributed by atoms with E-state index < -0.39 is 60.4 Å². The molecule has 4 amide bonds. The van der Waals surface area contributed by atoms with Gasteiger partial charge in [-0.1, -0.05) is 0 Å². The number of hydrogen-bond acceptors (Lipinski definition) is 9. The monoisotopic (exact) mass is 526 g/mol. The Bertz CT molecular complexity index is 949. The second-order valence-corrected chi connectivity index (χ2v) is 8.05. The Morgan fingerprint density at radius 3 is 2.14 bits per heavy atom. The lowest BCUT2D eigenvalue weighted by Gasteiger charge is -2.24. The molecule has 0 fully saturated rings. The van der Waals surface area contributed by atoms with Gasteiger partial charge in [0.1, 0.15) is 18.1 Å². The van der Waals surface area contributed by atoms with E-state index in [2.05, 4.69) is 30.9 Å². The number of carbonyl (C=O) groups is 5. The Morgan fingerprint density at radius 1 is 0.973 bits per heavy atom. The van der Waals surface area contributed by atoms with Crippen LogP contribution in [0.3, 0.4) is 0 Å². The molecule has 14 N–H and O–H groups in total. The first kappa shape index (κ1) is 30.8. The number of aromatic amines is 1. The number of H-pyrrole nitrogens is 1. The van der Waals surface area contributed by atoms with Crippen molar-refractivity contribution in [3.05, 3.63) is 18.2 Å². The van der Waals surface area contributed by atoms with Crippen LogP contribution in [0.1, 0.15) is 31.4 Å². The van der Waals surface area contributed by atoms with Crippen molar-refractivity contribution < 1.29 is 34.2 Å². The van der Waals surface area contributed by atoms with Crippen molar-refractivity contribution in [1.82, 2.24) is 25.9 Å². The first-order valence-corrected chi connectivity index (χ1v) is 11.3. The van der Waals surface area contributed by atoms with E-state index in [1.165, 1.54) is 12.5 Å². The molecule has 206 valence electrons. The van der Waals surface area contributed by atoms with Crippen LogP contribution in [0, 0.1) is 0 Å². The van der Waals surface area contributed by atoms with Gasteiger partial charge in [0.25, 0.3) is 0 Å². The van der Waals surface area contributed by atoms with E-state index in [0.717, 1.165) is 0 Å². The number of carboxylic acids is 1. The normalized spacial score (nSPS) is 13.9. The van der Waals surface area contributed by atoms with Crippen molar-refractivity contribution in [2.75, 3.05) is 13.2 Å². The molecule has 0 saturated carbocycles. The zero-order valence-corrected chi connectivity index (χ0v) is 20.1. The highest BCUT2D eigenvalue weighted by Gasteiger charge is 2.30. The number of aliphatic imine (C=N–C) groups is 1. The van der Waals surface area contributed by atoms with Gasteiger partial charge in [0.15, 0.2) is 5.96 Å². The number of aromatic nitrogens is 2. The van der Waals surface area contributed by atoms with Gasteiger partial charge in [-0.15, -0.1) is 0 Å². The van der Waals surface area contributed by atoms with Crippen molar-refractivity contribution in [2.24, 2.45) is 27.9 Å². The average Bonchev–Trinajstić information content (AvgIpc) is 3.34. The van der Waals surface area contributed by atoms with E-state index >= 15 is 0 Å². The molecule has 1 heterocycles. The van der Waals surface area contributed by atoms with Gasteiger partial charge < -0.3 is 54.1 Å². The molecular weight excluding hydrogens is 492 g/mol. The number of aliphatic hydroxyl groups excluding tert-OH is 1. The molecule has 0 aliphatic rings. The molecule has 17 heteroatoms. The molecule has 0 radical (unpaired) electrons. The highest BCUT2D eigenvalue weighted by atomic mass is 16.4. The van der Waals surface area contributed by atoms with Crippen molar-refractivity contribution in [3.63, 3.8) is 0 Å². The summed E-state index contributed by atoms with van der Waals surface area (Å²) < 4.78 is 0. The highest BCUT2D eigenvalue weighted by molar-refractivity contribution is 5.94. The van der Waals surface area contributed by atoms with Crippen LogP contribution in [0.25, 0.3) is 0 Å². The quantitative estimate of drug-likeness (QED) is 0.0521. The number of aliphatic hydroxyl groups is 1. The Kier molecular flexibility index (Phi) is 13.0. The van der Waals surface area contributed by atoms with Gasteiger partial charge in [-0.2, -0.15) is 0 Å². The summed E-state index contributed by atoms with van der Waals surface area (Å²) in [6.45, 7) is -0.652. The molecule has 0 bridgehead atoms. The van der Waals surface area contributed by atoms with Crippen molar-refractivity contribution in [3.8, 4) is 0 Å². The van der Waals surface area contributed by atoms with Gasteiger partial charge in [0, 0.05) is 31.3 Å². The van der Waals surface area contributed by atoms with Crippen LogP contribution in [0.5, 0.6) is 0 Å². The SMILES string of the molecule is NC(=O)CCC(NC(=O)C(Cc1cnc[nH]1)NC(=O)C(N)CCCN=C(N)N)C(=O)NC(CO)C(=O)O. The predicted octanol–water partition coefficient (Wildman–Crippen LogP) is -4.87. The van der Waals surface area contributed by atoms with E-state index in [1.54, 1.807) is 0 Å². The molecular formula is C20H34N10O7. The summed E-state index contributed by atoms with van der Waals surface area (Å²) >= 11 is 0. The maximum Gasteiger partial charge on any atom is 0.328 e. The molecule has 0 spiro atoms. The number of carboxylic acid groups (broad SMARTS) is 1. The molecule has 0 aliphatic heterocycles. The third-order valence-electron chi connectivity index (χ3n) is 5.03. The number of nitrogens with one attached hydrogen (secondary N) is 4. The second-order valence-electron chi connectivity index (χ2n) is 8.05. The minimum absolute atomic E-state index is 0.0587. The van der Waals surface area contributed by atoms with Crippen LogP contribution in [0.2, 0.25) is 0 Å². The molecule has 1 aromatic rings. The van der Waals surface area contributed by atoms with E-state index in [0.29, 0.717) is 12.1 Å². The van der Waals surface area contributed by atoms with Gasteiger partial charge in [-0.05, 0) is 19.3 Å². The van der Waals surface area contributed by atoms with Crippen LogP contribution in [0.4, 0.5) is 0 Å². The zero-order chi connectivity index (χ0) is 28.0. The fourth-order valence-electron chi connectivity index (χ4n) is 3.04. The number of primary amides is 1. The minimum atomic E-state index is -1.64. The fourth-order valence-corrected chi connectivity index (χ4v) is 3.04. The Hall–Kier alpha value is -4.25. The van der Waals surface area contributed by atoms with Crippen molar-refractivity contribution in [1.29, 1.82) is 0 Å².